The van der Waals surface area contributed by atoms with Crippen LogP contribution in [0.3, 0.4) is 0 Å². The molecule has 1 fully saturated rings. The smallest absolute Gasteiger partial charge is 0.251 e. The molecule has 41 heavy (non-hydrogen) atoms. The number of amides is 3. The molecule has 0 spiro atoms. The molecule has 0 bridgehead atoms. The number of sulfone groups is 1. The molecule has 11 nitrogen and oxygen atoms in total. The van der Waals surface area contributed by atoms with Crippen LogP contribution < -0.4 is 16.4 Å². The van der Waals surface area contributed by atoms with E-state index in [-0.39, 0.29) is 18.8 Å². The fourth-order valence-corrected chi connectivity index (χ4v) is 6.84. The molecule has 1 saturated heterocycles. The van der Waals surface area contributed by atoms with Crippen molar-refractivity contribution in [2.24, 2.45) is 5.73 Å². The van der Waals surface area contributed by atoms with E-state index < -0.39 is 51.4 Å². The number of nitrogens with zero attached hydrogens (tertiary/aromatic N) is 1. The van der Waals surface area contributed by atoms with Crippen LogP contribution in [0.25, 0.3) is 21.9 Å². The van der Waals surface area contributed by atoms with E-state index >= 15 is 0 Å². The Hall–Kier alpha value is -4.23. The van der Waals surface area contributed by atoms with Crippen molar-refractivity contribution in [1.29, 1.82) is 5.41 Å². The third-order valence-corrected chi connectivity index (χ3v) is 9.92. The Kier molecular flexibility index (Phi) is 7.58. The fourth-order valence-electron chi connectivity index (χ4n) is 4.96. The highest BCUT2D eigenvalue weighted by Crippen LogP contribution is 2.29. The number of nitrogens with one attached hydrogen (secondary N) is 3. The molecule has 4 aromatic rings. The number of nitrogen functional groups attached to an aromatic ring is 1. The highest BCUT2D eigenvalue weighted by Gasteiger charge is 2.43. The van der Waals surface area contributed by atoms with Gasteiger partial charge in [0, 0.05) is 45.0 Å². The Balaban J connectivity index is 1.27. The summed E-state index contributed by atoms with van der Waals surface area (Å²) in [5.74, 6) is -1.67. The number of carbonyl (C=O) groups is 3. The van der Waals surface area contributed by atoms with Gasteiger partial charge in [0.05, 0.1) is 17.8 Å². The number of carbonyl (C=O) groups excluding carboxylic acids is 3. The lowest BCUT2D eigenvalue weighted by Crippen LogP contribution is -2.49. The van der Waals surface area contributed by atoms with Gasteiger partial charge in [0.2, 0.25) is 11.8 Å². The number of thiophene rings is 1. The van der Waals surface area contributed by atoms with Gasteiger partial charge in [0.25, 0.3) is 5.91 Å². The van der Waals surface area contributed by atoms with Crippen LogP contribution in [-0.2, 0) is 19.4 Å². The number of hydrogen-bond acceptors (Lipinski definition) is 8. The van der Waals surface area contributed by atoms with Gasteiger partial charge in [-0.15, -0.1) is 11.3 Å². The lowest BCUT2D eigenvalue weighted by molar-refractivity contribution is -0.137. The second-order valence-electron chi connectivity index (χ2n) is 10.1. The van der Waals surface area contributed by atoms with Crippen molar-refractivity contribution in [3.63, 3.8) is 0 Å². The molecule has 13 heteroatoms. The lowest BCUT2D eigenvalue weighted by Gasteiger charge is -2.25. The summed E-state index contributed by atoms with van der Waals surface area (Å²) in [6.07, 6.45) is 1.02. The summed E-state index contributed by atoms with van der Waals surface area (Å²) in [6.45, 7) is 1.18. The van der Waals surface area contributed by atoms with Crippen molar-refractivity contribution < 1.29 is 27.2 Å². The topological polar surface area (TPSA) is 176 Å². The predicted octanol–water partition coefficient (Wildman–Crippen LogP) is 2.55. The number of furan rings is 1. The van der Waals surface area contributed by atoms with E-state index in [4.69, 9.17) is 15.6 Å². The standard InChI is InChI=1S/C28H29N5O6S2/c1-15(24-10-17(14-40-24)26(29)30)32-28(36)21-11-18(41(2,37)38)13-33(21)25(34)12-31-27(35)16-7-8-20-19-5-3-4-6-22(19)39-23(20)9-16/h3-10,14-15,18,21H,11-13H2,1-2H3,(H3,29,30)(H,31,35)(H,32,36)/t15-,18?,21+/m1/s1. The SMILES string of the molecule is C[C@@H](NC(=O)[C@@H]1CC(S(C)(=O)=O)CN1C(=O)CNC(=O)c1ccc2c(c1)oc1ccccc12)c1cc(C(=N)N)cs1. The van der Waals surface area contributed by atoms with Gasteiger partial charge in [-0.3, -0.25) is 19.8 Å². The number of benzene rings is 2. The van der Waals surface area contributed by atoms with Crippen molar-refractivity contribution in [2.45, 2.75) is 30.7 Å². The number of likely N-dealkylation sites (tertiary alicyclic amines) is 1. The first-order valence-corrected chi connectivity index (χ1v) is 15.7. The zero-order valence-corrected chi connectivity index (χ0v) is 24.0. The Morgan fingerprint density at radius 2 is 1.85 bits per heavy atom. The zero-order valence-electron chi connectivity index (χ0n) is 22.3. The summed E-state index contributed by atoms with van der Waals surface area (Å²) in [6, 6.07) is 12.8. The van der Waals surface area contributed by atoms with Crippen LogP contribution in [0.15, 0.2) is 58.3 Å². The van der Waals surface area contributed by atoms with Gasteiger partial charge in [-0.2, -0.15) is 0 Å². The van der Waals surface area contributed by atoms with E-state index in [1.165, 1.54) is 16.2 Å². The maximum atomic E-state index is 13.3. The minimum absolute atomic E-state index is 0.0526. The molecule has 0 aliphatic carbocycles. The molecule has 1 aliphatic rings. The van der Waals surface area contributed by atoms with Crippen LogP contribution in [0, 0.1) is 5.41 Å². The third kappa shape index (κ3) is 5.81. The Morgan fingerprint density at radius 3 is 2.56 bits per heavy atom. The van der Waals surface area contributed by atoms with Crippen molar-refractivity contribution in [1.82, 2.24) is 15.5 Å². The van der Waals surface area contributed by atoms with Gasteiger partial charge in [-0.25, -0.2) is 8.42 Å². The highest BCUT2D eigenvalue weighted by atomic mass is 32.2. The maximum Gasteiger partial charge on any atom is 0.251 e. The van der Waals surface area contributed by atoms with Gasteiger partial charge in [-0.05, 0) is 43.7 Å². The molecule has 0 saturated carbocycles. The summed E-state index contributed by atoms with van der Waals surface area (Å²) in [5, 5.41) is 15.6. The molecule has 1 aliphatic heterocycles. The first kappa shape index (κ1) is 28.3. The molecular formula is C28H29N5O6S2. The van der Waals surface area contributed by atoms with Crippen molar-refractivity contribution in [3.05, 3.63) is 69.9 Å². The van der Waals surface area contributed by atoms with Gasteiger partial charge in [0.15, 0.2) is 9.84 Å². The van der Waals surface area contributed by atoms with E-state index in [1.807, 2.05) is 24.3 Å². The minimum atomic E-state index is -3.54. The summed E-state index contributed by atoms with van der Waals surface area (Å²) in [7, 11) is -3.54. The van der Waals surface area contributed by atoms with Gasteiger partial charge in [-0.1, -0.05) is 18.2 Å². The van der Waals surface area contributed by atoms with Crippen LogP contribution in [0.2, 0.25) is 0 Å². The number of hydrogen-bond donors (Lipinski definition) is 4. The van der Waals surface area contributed by atoms with Crippen molar-refractivity contribution in [3.8, 4) is 0 Å². The monoisotopic (exact) mass is 595 g/mol. The first-order chi connectivity index (χ1) is 19.4. The fraction of sp³-hybridized carbons (Fsp3) is 0.286. The van der Waals surface area contributed by atoms with Crippen LogP contribution in [0.4, 0.5) is 0 Å². The molecule has 3 atom stereocenters. The largest absolute Gasteiger partial charge is 0.456 e. The quantitative estimate of drug-likeness (QED) is 0.179. The van der Waals surface area contributed by atoms with Crippen LogP contribution >= 0.6 is 11.3 Å². The molecule has 2 aromatic carbocycles. The summed E-state index contributed by atoms with van der Waals surface area (Å²) in [4.78, 5) is 41.3. The van der Waals surface area contributed by atoms with Gasteiger partial charge < -0.3 is 25.7 Å². The third-order valence-electron chi connectivity index (χ3n) is 7.25. The summed E-state index contributed by atoms with van der Waals surface area (Å²) >= 11 is 1.33. The number of para-hydroxylation sites is 1. The van der Waals surface area contributed by atoms with E-state index in [2.05, 4.69) is 10.6 Å². The Bertz CT molecular complexity index is 1790. The van der Waals surface area contributed by atoms with Crippen molar-refractivity contribution >= 4 is 66.7 Å². The maximum absolute atomic E-state index is 13.3. The zero-order chi connectivity index (χ0) is 29.5. The molecule has 3 amide bonds. The normalized spacial score (nSPS) is 18.0. The molecule has 0 radical (unpaired) electrons. The molecule has 214 valence electrons. The summed E-state index contributed by atoms with van der Waals surface area (Å²) in [5.41, 5.74) is 7.59. The minimum Gasteiger partial charge on any atom is -0.456 e. The number of nitrogens with two attached hydrogens (primary N) is 1. The predicted molar refractivity (Wildman–Crippen MR) is 157 cm³/mol. The first-order valence-electron chi connectivity index (χ1n) is 12.8. The van der Waals surface area contributed by atoms with E-state index in [9.17, 15) is 22.8 Å². The summed E-state index contributed by atoms with van der Waals surface area (Å²) < 4.78 is 30.5. The number of rotatable bonds is 8. The van der Waals surface area contributed by atoms with Gasteiger partial charge in [0.1, 0.15) is 23.0 Å². The molecule has 3 heterocycles. The van der Waals surface area contributed by atoms with Crippen LogP contribution in [-0.4, -0.2) is 67.5 Å². The molecule has 5 N–H and O–H groups in total. The van der Waals surface area contributed by atoms with Gasteiger partial charge >= 0.3 is 0 Å². The Labute approximate surface area is 240 Å². The number of amidine groups is 1. The molecule has 5 rings (SSSR count). The van der Waals surface area contributed by atoms with E-state index in [0.29, 0.717) is 22.3 Å². The second kappa shape index (κ2) is 11.0. The molecular weight excluding hydrogens is 566 g/mol. The highest BCUT2D eigenvalue weighted by molar-refractivity contribution is 7.91. The van der Waals surface area contributed by atoms with Crippen LogP contribution in [0.1, 0.15) is 40.2 Å². The van der Waals surface area contributed by atoms with E-state index in [0.717, 1.165) is 21.9 Å². The van der Waals surface area contributed by atoms with Crippen LogP contribution in [0.5, 0.6) is 0 Å². The average molecular weight is 596 g/mol. The van der Waals surface area contributed by atoms with Crippen molar-refractivity contribution in [2.75, 3.05) is 19.3 Å². The molecule has 2 aromatic heterocycles. The average Bonchev–Trinajstić information content (AvgIpc) is 3.67. The van der Waals surface area contributed by atoms with E-state index in [1.54, 1.807) is 36.6 Å². The Morgan fingerprint density at radius 1 is 1.12 bits per heavy atom. The molecule has 1 unspecified atom stereocenters. The lowest BCUT2D eigenvalue weighted by atomic mass is 10.1. The number of fused-ring (bicyclic) bond motifs is 3. The second-order valence-corrected chi connectivity index (χ2v) is 13.4.